The fraction of sp³-hybridized carbons (Fsp3) is 0.111. The Bertz CT molecular complexity index is 437. The molecule has 0 saturated heterocycles. The van der Waals surface area contributed by atoms with Crippen LogP contribution in [0.25, 0.3) is 0 Å². The molecule has 1 aromatic carbocycles. The summed E-state index contributed by atoms with van der Waals surface area (Å²) < 4.78 is 18.8. The maximum atomic E-state index is 13.4. The third-order valence-corrected chi connectivity index (χ3v) is 2.08. The number of hydrazone groups is 1. The van der Waals surface area contributed by atoms with Crippen LogP contribution < -0.4 is 15.9 Å². The van der Waals surface area contributed by atoms with E-state index < -0.39 is 11.8 Å². The number of rotatable bonds is 3. The normalized spacial score (nSPS) is 10.4. The summed E-state index contributed by atoms with van der Waals surface area (Å²) >= 11 is 3.13. The summed E-state index contributed by atoms with van der Waals surface area (Å²) in [5, 5.41) is 3.51. The van der Waals surface area contributed by atoms with Crippen LogP contribution >= 0.6 is 15.9 Å². The van der Waals surface area contributed by atoms with Gasteiger partial charge in [-0.1, -0.05) is 15.9 Å². The number of nitrogens with two attached hydrogens (primary N) is 1. The Morgan fingerprint density at radius 2 is 2.38 bits per heavy atom. The number of halogens is 2. The fourth-order valence-electron chi connectivity index (χ4n) is 1.06. The number of methoxy groups -OCH3 is 1. The van der Waals surface area contributed by atoms with Crippen LogP contribution in [0.3, 0.4) is 0 Å². The predicted molar refractivity (Wildman–Crippen MR) is 61.0 cm³/mol. The Hall–Kier alpha value is -1.63. The number of hydrogen-bond acceptors (Lipinski definition) is 3. The highest BCUT2D eigenvalue weighted by Crippen LogP contribution is 2.25. The predicted octanol–water partition coefficient (Wildman–Crippen LogP) is 1.60. The van der Waals surface area contributed by atoms with Crippen molar-refractivity contribution in [3.05, 3.63) is 28.0 Å². The first kappa shape index (κ1) is 12.4. The van der Waals surface area contributed by atoms with Gasteiger partial charge in [0, 0.05) is 10.0 Å². The van der Waals surface area contributed by atoms with Crippen molar-refractivity contribution in [2.24, 2.45) is 10.8 Å². The summed E-state index contributed by atoms with van der Waals surface area (Å²) in [7, 11) is 1.34. The standard InChI is InChI=1S/C9H9BrFN3O2/c1-16-8-5(4-13-14-9(12)15)2-6(10)3-7(8)11/h2-4H,1H3,(H3,12,14,15). The minimum atomic E-state index is -0.800. The lowest BCUT2D eigenvalue weighted by molar-refractivity contribution is 0.249. The van der Waals surface area contributed by atoms with Gasteiger partial charge in [0.1, 0.15) is 0 Å². The van der Waals surface area contributed by atoms with E-state index in [-0.39, 0.29) is 5.75 Å². The van der Waals surface area contributed by atoms with E-state index in [0.717, 1.165) is 0 Å². The minimum Gasteiger partial charge on any atom is -0.493 e. The van der Waals surface area contributed by atoms with E-state index in [1.54, 1.807) is 6.07 Å². The summed E-state index contributed by atoms with van der Waals surface area (Å²) in [4.78, 5) is 10.4. The van der Waals surface area contributed by atoms with Gasteiger partial charge in [0.25, 0.3) is 0 Å². The Kier molecular flexibility index (Phi) is 4.24. The number of primary amides is 1. The quantitative estimate of drug-likeness (QED) is 0.655. The largest absolute Gasteiger partial charge is 0.493 e. The van der Waals surface area contributed by atoms with Gasteiger partial charge in [-0.25, -0.2) is 14.6 Å². The van der Waals surface area contributed by atoms with Crippen LogP contribution in [0.15, 0.2) is 21.7 Å². The number of hydrogen-bond donors (Lipinski definition) is 2. The van der Waals surface area contributed by atoms with E-state index >= 15 is 0 Å². The number of urea groups is 1. The number of benzene rings is 1. The molecule has 0 saturated carbocycles. The van der Waals surface area contributed by atoms with Crippen molar-refractivity contribution in [3.63, 3.8) is 0 Å². The van der Waals surface area contributed by atoms with Gasteiger partial charge >= 0.3 is 6.03 Å². The molecule has 2 amide bonds. The zero-order chi connectivity index (χ0) is 12.1. The third kappa shape index (κ3) is 3.20. The Labute approximate surface area is 99.6 Å². The first-order valence-electron chi connectivity index (χ1n) is 4.16. The summed E-state index contributed by atoms with van der Waals surface area (Å²) in [6.07, 6.45) is 1.23. The number of ether oxygens (including phenoxy) is 1. The maximum Gasteiger partial charge on any atom is 0.332 e. The highest BCUT2D eigenvalue weighted by atomic mass is 79.9. The van der Waals surface area contributed by atoms with Crippen LogP contribution in [0, 0.1) is 5.82 Å². The molecule has 1 aromatic rings. The van der Waals surface area contributed by atoms with E-state index in [4.69, 9.17) is 10.5 Å². The van der Waals surface area contributed by atoms with Crippen LogP contribution in [0.1, 0.15) is 5.56 Å². The molecule has 16 heavy (non-hydrogen) atoms. The zero-order valence-electron chi connectivity index (χ0n) is 8.33. The van der Waals surface area contributed by atoms with Gasteiger partial charge in [-0.15, -0.1) is 0 Å². The molecule has 7 heteroatoms. The maximum absolute atomic E-state index is 13.4. The smallest absolute Gasteiger partial charge is 0.332 e. The average Bonchev–Trinajstić information content (AvgIpc) is 2.16. The molecule has 0 aliphatic heterocycles. The van der Waals surface area contributed by atoms with Gasteiger partial charge in [-0.3, -0.25) is 0 Å². The van der Waals surface area contributed by atoms with E-state index in [0.29, 0.717) is 10.0 Å². The molecular formula is C9H9BrFN3O2. The second-order valence-corrected chi connectivity index (χ2v) is 3.66. The molecule has 0 aromatic heterocycles. The molecular weight excluding hydrogens is 281 g/mol. The molecule has 0 unspecified atom stereocenters. The summed E-state index contributed by atoms with van der Waals surface area (Å²) in [6.45, 7) is 0. The number of amides is 2. The lowest BCUT2D eigenvalue weighted by Crippen LogP contribution is -2.24. The summed E-state index contributed by atoms with van der Waals surface area (Å²) in [5.74, 6) is -0.490. The minimum absolute atomic E-state index is 0.0400. The van der Waals surface area contributed by atoms with Crippen molar-refractivity contribution in [2.75, 3.05) is 7.11 Å². The molecule has 3 N–H and O–H groups in total. The second-order valence-electron chi connectivity index (χ2n) is 2.74. The van der Waals surface area contributed by atoms with E-state index in [2.05, 4.69) is 21.0 Å². The molecule has 5 nitrogen and oxygen atoms in total. The summed E-state index contributed by atoms with van der Waals surface area (Å²) in [5.41, 5.74) is 7.19. The SMILES string of the molecule is COc1c(F)cc(Br)cc1C=NNC(N)=O. The molecule has 0 atom stereocenters. The number of carbonyl (C=O) groups excluding carboxylic acids is 1. The lowest BCUT2D eigenvalue weighted by atomic mass is 10.2. The van der Waals surface area contributed by atoms with Gasteiger partial charge in [0.15, 0.2) is 11.6 Å². The van der Waals surface area contributed by atoms with Gasteiger partial charge in [0.05, 0.1) is 13.3 Å². The zero-order valence-corrected chi connectivity index (χ0v) is 9.92. The van der Waals surface area contributed by atoms with Crippen molar-refractivity contribution in [3.8, 4) is 5.75 Å². The van der Waals surface area contributed by atoms with E-state index in [1.807, 2.05) is 5.43 Å². The topological polar surface area (TPSA) is 76.7 Å². The number of nitrogens with zero attached hydrogens (tertiary/aromatic N) is 1. The van der Waals surface area contributed by atoms with E-state index in [9.17, 15) is 9.18 Å². The highest BCUT2D eigenvalue weighted by Gasteiger charge is 2.09. The number of nitrogens with one attached hydrogen (secondary N) is 1. The highest BCUT2D eigenvalue weighted by molar-refractivity contribution is 9.10. The van der Waals surface area contributed by atoms with Crippen LogP contribution in [0.2, 0.25) is 0 Å². The molecule has 0 fully saturated rings. The van der Waals surface area contributed by atoms with E-state index in [1.165, 1.54) is 19.4 Å². The first-order valence-corrected chi connectivity index (χ1v) is 4.95. The van der Waals surface area contributed by atoms with Crippen molar-refractivity contribution in [1.82, 2.24) is 5.43 Å². The monoisotopic (exact) mass is 289 g/mol. The van der Waals surface area contributed by atoms with Gasteiger partial charge in [-0.2, -0.15) is 5.10 Å². The average molecular weight is 290 g/mol. The van der Waals surface area contributed by atoms with Crippen molar-refractivity contribution >= 4 is 28.2 Å². The molecule has 0 bridgehead atoms. The van der Waals surface area contributed by atoms with Crippen molar-refractivity contribution in [2.45, 2.75) is 0 Å². The number of carbonyl (C=O) groups is 1. The molecule has 0 heterocycles. The van der Waals surface area contributed by atoms with Gasteiger partial charge < -0.3 is 10.5 Å². The van der Waals surface area contributed by atoms with Crippen LogP contribution in [0.5, 0.6) is 5.75 Å². The van der Waals surface area contributed by atoms with Gasteiger partial charge in [-0.05, 0) is 12.1 Å². The molecule has 0 aliphatic carbocycles. The Morgan fingerprint density at radius 3 is 2.94 bits per heavy atom. The third-order valence-electron chi connectivity index (χ3n) is 1.62. The van der Waals surface area contributed by atoms with Crippen molar-refractivity contribution in [1.29, 1.82) is 0 Å². The molecule has 86 valence electrons. The van der Waals surface area contributed by atoms with Crippen LogP contribution in [0.4, 0.5) is 9.18 Å². The van der Waals surface area contributed by atoms with Gasteiger partial charge in [0.2, 0.25) is 0 Å². The lowest BCUT2D eigenvalue weighted by Gasteiger charge is -2.06. The Morgan fingerprint density at radius 1 is 1.69 bits per heavy atom. The Balaban J connectivity index is 3.02. The fourth-order valence-corrected chi connectivity index (χ4v) is 1.50. The summed E-state index contributed by atoms with van der Waals surface area (Å²) in [6, 6.07) is 2.05. The molecule has 1 rings (SSSR count). The molecule has 0 aliphatic rings. The van der Waals surface area contributed by atoms with Crippen LogP contribution in [-0.2, 0) is 0 Å². The molecule has 0 spiro atoms. The van der Waals surface area contributed by atoms with Crippen molar-refractivity contribution < 1.29 is 13.9 Å². The first-order chi connectivity index (χ1) is 7.54. The second kappa shape index (κ2) is 5.45. The van der Waals surface area contributed by atoms with Crippen LogP contribution in [-0.4, -0.2) is 19.4 Å². The molecule has 0 radical (unpaired) electrons.